The maximum Gasteiger partial charge on any atom is 0.228 e. The van der Waals surface area contributed by atoms with Crippen molar-refractivity contribution in [1.29, 1.82) is 0 Å². The van der Waals surface area contributed by atoms with Crippen LogP contribution in [0.2, 0.25) is 5.15 Å². The number of hydrogen-bond acceptors (Lipinski definition) is 7. The van der Waals surface area contributed by atoms with E-state index in [1.807, 2.05) is 6.26 Å². The quantitative estimate of drug-likeness (QED) is 0.447. The molecule has 1 atom stereocenters. The molecule has 0 aromatic carbocycles. The second-order valence-electron chi connectivity index (χ2n) is 5.01. The number of thioether (sulfide) groups is 1. The first-order valence-electron chi connectivity index (χ1n) is 6.77. The minimum Gasteiger partial charge on any atom is -0.475 e. The van der Waals surface area contributed by atoms with Crippen LogP contribution in [0.25, 0.3) is 10.9 Å². The van der Waals surface area contributed by atoms with E-state index in [1.165, 1.54) is 11.8 Å². The standard InChI is InChI=1S/C13H12ClFN4O2S/c1-22-13-16-9-7-11(18-13)19-2-3-20-4-6(19)5-21-12(7)17-10(14)8(9)15/h6H,2-5H2,1H3/t6-/m0/s1. The maximum atomic E-state index is 14.4. The van der Waals surface area contributed by atoms with Gasteiger partial charge in [0, 0.05) is 6.54 Å². The van der Waals surface area contributed by atoms with Crippen molar-refractivity contribution in [3.63, 3.8) is 0 Å². The maximum absolute atomic E-state index is 14.4. The molecule has 0 radical (unpaired) electrons. The largest absolute Gasteiger partial charge is 0.475 e. The normalized spacial score (nSPS) is 20.5. The van der Waals surface area contributed by atoms with E-state index in [0.717, 1.165) is 0 Å². The van der Waals surface area contributed by atoms with Crippen molar-refractivity contribution in [3.8, 4) is 5.88 Å². The molecule has 0 spiro atoms. The van der Waals surface area contributed by atoms with Crippen molar-refractivity contribution in [2.75, 3.05) is 37.5 Å². The van der Waals surface area contributed by atoms with Gasteiger partial charge in [-0.2, -0.15) is 4.98 Å². The number of pyridine rings is 1. The Labute approximate surface area is 135 Å². The Morgan fingerprint density at radius 2 is 2.18 bits per heavy atom. The fourth-order valence-corrected chi connectivity index (χ4v) is 3.25. The summed E-state index contributed by atoms with van der Waals surface area (Å²) in [6.07, 6.45) is 1.85. The fraction of sp³-hybridized carbons (Fsp3) is 0.462. The molecule has 9 heteroatoms. The molecular formula is C13H12ClFN4O2S. The second-order valence-corrected chi connectivity index (χ2v) is 6.14. The zero-order valence-corrected chi connectivity index (χ0v) is 13.2. The Balaban J connectivity index is 2.05. The van der Waals surface area contributed by atoms with Crippen LogP contribution < -0.4 is 9.64 Å². The highest BCUT2D eigenvalue weighted by Crippen LogP contribution is 2.39. The number of rotatable bonds is 1. The fourth-order valence-electron chi connectivity index (χ4n) is 2.73. The molecule has 2 aromatic heterocycles. The Bertz CT molecular complexity index is 763. The third-order valence-corrected chi connectivity index (χ3v) is 4.56. The minimum atomic E-state index is -0.644. The molecule has 2 aliphatic rings. The Hall–Kier alpha value is -1.38. The van der Waals surface area contributed by atoms with Gasteiger partial charge in [0.15, 0.2) is 16.1 Å². The molecule has 4 rings (SSSR count). The molecule has 0 N–H and O–H groups in total. The average molecular weight is 343 g/mol. The van der Waals surface area contributed by atoms with E-state index in [-0.39, 0.29) is 22.6 Å². The molecule has 2 aromatic rings. The van der Waals surface area contributed by atoms with Gasteiger partial charge in [0.1, 0.15) is 23.3 Å². The number of aromatic nitrogens is 3. The van der Waals surface area contributed by atoms with Crippen LogP contribution in [0.4, 0.5) is 10.2 Å². The third-order valence-electron chi connectivity index (χ3n) is 3.77. The first-order chi connectivity index (χ1) is 10.7. The molecule has 0 unspecified atom stereocenters. The summed E-state index contributed by atoms with van der Waals surface area (Å²) >= 11 is 7.23. The number of fused-ring (bicyclic) bond motifs is 2. The topological polar surface area (TPSA) is 60.4 Å². The molecule has 0 amide bonds. The highest BCUT2D eigenvalue weighted by Gasteiger charge is 2.33. The van der Waals surface area contributed by atoms with E-state index in [0.29, 0.717) is 42.7 Å². The van der Waals surface area contributed by atoms with Gasteiger partial charge in [-0.15, -0.1) is 0 Å². The van der Waals surface area contributed by atoms with Crippen molar-refractivity contribution in [2.24, 2.45) is 0 Å². The second kappa shape index (κ2) is 5.36. The molecule has 0 aliphatic carbocycles. The third kappa shape index (κ3) is 2.09. The van der Waals surface area contributed by atoms with Crippen LogP contribution in [0.5, 0.6) is 5.88 Å². The van der Waals surface area contributed by atoms with E-state index in [1.54, 1.807) is 0 Å². The van der Waals surface area contributed by atoms with Crippen LogP contribution in [-0.2, 0) is 4.74 Å². The van der Waals surface area contributed by atoms with Crippen LogP contribution in [-0.4, -0.2) is 53.6 Å². The number of ether oxygens (including phenoxy) is 2. The summed E-state index contributed by atoms with van der Waals surface area (Å²) in [6, 6.07) is 0.0117. The molecule has 0 saturated carbocycles. The number of hydrogen-bond donors (Lipinski definition) is 0. The highest BCUT2D eigenvalue weighted by atomic mass is 35.5. The van der Waals surface area contributed by atoms with Crippen molar-refractivity contribution >= 4 is 40.1 Å². The van der Waals surface area contributed by atoms with Gasteiger partial charge in [-0.05, 0) is 6.26 Å². The lowest BCUT2D eigenvalue weighted by Gasteiger charge is -2.34. The summed E-state index contributed by atoms with van der Waals surface area (Å²) in [5, 5.41) is 0.723. The van der Waals surface area contributed by atoms with E-state index < -0.39 is 5.82 Å². The van der Waals surface area contributed by atoms with Crippen LogP contribution in [0.3, 0.4) is 0 Å². The van der Waals surface area contributed by atoms with Gasteiger partial charge < -0.3 is 14.4 Å². The molecule has 1 saturated heterocycles. The van der Waals surface area contributed by atoms with Crippen molar-refractivity contribution < 1.29 is 13.9 Å². The summed E-state index contributed by atoms with van der Waals surface area (Å²) in [6.45, 7) is 2.17. The molecular weight excluding hydrogens is 331 g/mol. The summed E-state index contributed by atoms with van der Waals surface area (Å²) < 4.78 is 25.6. The van der Waals surface area contributed by atoms with E-state index in [9.17, 15) is 4.39 Å². The van der Waals surface area contributed by atoms with Crippen molar-refractivity contribution in [1.82, 2.24) is 15.0 Å². The summed E-state index contributed by atoms with van der Waals surface area (Å²) in [5.74, 6) is 0.270. The van der Waals surface area contributed by atoms with Crippen LogP contribution in [0, 0.1) is 5.82 Å². The lowest BCUT2D eigenvalue weighted by atomic mass is 10.2. The predicted molar refractivity (Wildman–Crippen MR) is 81.5 cm³/mol. The van der Waals surface area contributed by atoms with Gasteiger partial charge in [-0.3, -0.25) is 0 Å². The van der Waals surface area contributed by atoms with Gasteiger partial charge in [-0.1, -0.05) is 23.4 Å². The van der Waals surface area contributed by atoms with Gasteiger partial charge in [0.25, 0.3) is 0 Å². The van der Waals surface area contributed by atoms with Crippen molar-refractivity contribution in [3.05, 3.63) is 11.0 Å². The number of anilines is 1. The first kappa shape index (κ1) is 14.2. The molecule has 2 aliphatic heterocycles. The SMILES string of the molecule is CSc1nc2c3c(nc(Cl)c(F)c3n1)OC[C@@H]1COCCN21. The summed E-state index contributed by atoms with van der Waals surface area (Å²) in [7, 11) is 0. The van der Waals surface area contributed by atoms with Crippen LogP contribution in [0.15, 0.2) is 5.16 Å². The first-order valence-corrected chi connectivity index (χ1v) is 8.37. The summed E-state index contributed by atoms with van der Waals surface area (Å²) in [5.41, 5.74) is 0.150. The molecule has 6 nitrogen and oxygen atoms in total. The van der Waals surface area contributed by atoms with Crippen LogP contribution >= 0.6 is 23.4 Å². The molecule has 22 heavy (non-hydrogen) atoms. The Kier molecular flexibility index (Phi) is 3.47. The Morgan fingerprint density at radius 3 is 3.00 bits per heavy atom. The van der Waals surface area contributed by atoms with Gasteiger partial charge in [0.2, 0.25) is 5.88 Å². The molecule has 4 heterocycles. The van der Waals surface area contributed by atoms with Crippen LogP contribution in [0.1, 0.15) is 0 Å². The van der Waals surface area contributed by atoms with E-state index in [4.69, 9.17) is 21.1 Å². The summed E-state index contributed by atoms with van der Waals surface area (Å²) in [4.78, 5) is 14.9. The zero-order valence-electron chi connectivity index (χ0n) is 11.7. The highest BCUT2D eigenvalue weighted by molar-refractivity contribution is 7.98. The predicted octanol–water partition coefficient (Wildman–Crippen LogP) is 2.14. The Morgan fingerprint density at radius 1 is 1.32 bits per heavy atom. The average Bonchev–Trinajstić information content (AvgIpc) is 2.70. The number of nitrogens with zero attached hydrogens (tertiary/aromatic N) is 4. The zero-order chi connectivity index (χ0) is 15.3. The molecule has 1 fully saturated rings. The smallest absolute Gasteiger partial charge is 0.228 e. The monoisotopic (exact) mass is 342 g/mol. The van der Waals surface area contributed by atoms with Crippen molar-refractivity contribution in [2.45, 2.75) is 11.2 Å². The van der Waals surface area contributed by atoms with Gasteiger partial charge in [0.05, 0.1) is 19.3 Å². The number of morpholine rings is 1. The molecule has 0 bridgehead atoms. The lowest BCUT2D eigenvalue weighted by molar-refractivity contribution is 0.0775. The molecule has 116 valence electrons. The number of halogens is 2. The van der Waals surface area contributed by atoms with E-state index in [2.05, 4.69) is 19.9 Å². The van der Waals surface area contributed by atoms with E-state index >= 15 is 0 Å². The van der Waals surface area contributed by atoms with Gasteiger partial charge in [-0.25, -0.2) is 14.4 Å². The lowest BCUT2D eigenvalue weighted by Crippen LogP contribution is -2.48. The minimum absolute atomic E-state index is 0.0117. The van der Waals surface area contributed by atoms with Gasteiger partial charge >= 0.3 is 0 Å².